The van der Waals surface area contributed by atoms with Gasteiger partial charge in [0.15, 0.2) is 17.5 Å². The predicted octanol–water partition coefficient (Wildman–Crippen LogP) is 3.29. The highest BCUT2D eigenvalue weighted by atomic mass is 32.1. The number of halogens is 3. The Morgan fingerprint density at radius 3 is 2.69 bits per heavy atom. The molecule has 0 aliphatic heterocycles. The summed E-state index contributed by atoms with van der Waals surface area (Å²) in [5.74, 6) is -4.86. The van der Waals surface area contributed by atoms with E-state index in [-0.39, 0.29) is 6.42 Å². The quantitative estimate of drug-likeness (QED) is 0.541. The van der Waals surface area contributed by atoms with E-state index in [1.807, 2.05) is 17.5 Å². The maximum atomic E-state index is 13.5. The Labute approximate surface area is 166 Å². The molecule has 29 heavy (non-hydrogen) atoms. The first-order valence-corrected chi connectivity index (χ1v) is 9.38. The Bertz CT molecular complexity index is 1010. The van der Waals surface area contributed by atoms with Crippen molar-refractivity contribution >= 4 is 28.8 Å². The van der Waals surface area contributed by atoms with Crippen LogP contribution in [-0.2, 0) is 16.0 Å². The van der Waals surface area contributed by atoms with Gasteiger partial charge in [-0.3, -0.25) is 9.59 Å². The fourth-order valence-electron chi connectivity index (χ4n) is 2.35. The molecule has 0 bridgehead atoms. The molecule has 7 nitrogen and oxygen atoms in total. The number of rotatable bonds is 8. The number of anilines is 1. The fourth-order valence-corrected chi connectivity index (χ4v) is 3.00. The number of hydrogen-bond donors (Lipinski definition) is 2. The number of aryl methyl sites for hydroxylation is 1. The Hall–Kier alpha value is -3.21. The molecule has 152 valence electrons. The zero-order chi connectivity index (χ0) is 20.8. The minimum atomic E-state index is -1.69. The van der Waals surface area contributed by atoms with Crippen molar-refractivity contribution in [3.63, 3.8) is 0 Å². The Balaban J connectivity index is 1.39. The lowest BCUT2D eigenvalue weighted by Gasteiger charge is -2.08. The second-order valence-corrected chi connectivity index (χ2v) is 6.84. The van der Waals surface area contributed by atoms with Gasteiger partial charge in [0.2, 0.25) is 23.5 Å². The highest BCUT2D eigenvalue weighted by Crippen LogP contribution is 2.22. The van der Waals surface area contributed by atoms with E-state index in [1.54, 1.807) is 0 Å². The Kier molecular flexibility index (Phi) is 6.60. The molecule has 3 aromatic rings. The predicted molar refractivity (Wildman–Crippen MR) is 98.5 cm³/mol. The molecular formula is C18H15F3N4O3S. The van der Waals surface area contributed by atoms with Crippen LogP contribution in [0.5, 0.6) is 0 Å². The molecule has 0 aliphatic rings. The lowest BCUT2D eigenvalue weighted by molar-refractivity contribution is -0.124. The minimum Gasteiger partial charge on any atom is -0.347 e. The lowest BCUT2D eigenvalue weighted by atomic mass is 10.2. The molecule has 3 rings (SSSR count). The number of carbonyl (C=O) groups excluding carboxylic acids is 2. The van der Waals surface area contributed by atoms with Crippen LogP contribution >= 0.6 is 11.3 Å². The average molecular weight is 424 g/mol. The van der Waals surface area contributed by atoms with Gasteiger partial charge in [0.1, 0.15) is 0 Å². The van der Waals surface area contributed by atoms with Gasteiger partial charge in [-0.15, -0.1) is 11.3 Å². The van der Waals surface area contributed by atoms with E-state index < -0.39 is 41.5 Å². The van der Waals surface area contributed by atoms with Gasteiger partial charge in [-0.1, -0.05) is 11.2 Å². The number of thiophene rings is 1. The van der Waals surface area contributed by atoms with Gasteiger partial charge in [-0.05, 0) is 30.0 Å². The van der Waals surface area contributed by atoms with Crippen molar-refractivity contribution in [1.82, 2.24) is 15.5 Å². The third-order valence-corrected chi connectivity index (χ3v) is 4.63. The third kappa shape index (κ3) is 5.41. The van der Waals surface area contributed by atoms with Gasteiger partial charge in [-0.2, -0.15) is 4.98 Å². The molecule has 2 N–H and O–H groups in total. The highest BCUT2D eigenvalue weighted by molar-refractivity contribution is 7.13. The molecule has 0 saturated heterocycles. The number of nitrogens with one attached hydrogen (secondary N) is 2. The van der Waals surface area contributed by atoms with Crippen LogP contribution in [0.4, 0.5) is 18.9 Å². The summed E-state index contributed by atoms with van der Waals surface area (Å²) in [6.07, 6.45) is 0.902. The summed E-state index contributed by atoms with van der Waals surface area (Å²) in [6.45, 7) is -0.444. The van der Waals surface area contributed by atoms with Crippen molar-refractivity contribution in [2.45, 2.75) is 19.3 Å². The molecular weight excluding hydrogens is 409 g/mol. The topological polar surface area (TPSA) is 97.1 Å². The number of aromatic nitrogens is 2. The van der Waals surface area contributed by atoms with E-state index in [2.05, 4.69) is 20.8 Å². The molecule has 0 saturated carbocycles. The maximum Gasteiger partial charge on any atom is 0.243 e. The molecule has 11 heteroatoms. The van der Waals surface area contributed by atoms with Gasteiger partial charge in [0, 0.05) is 12.8 Å². The van der Waals surface area contributed by atoms with Crippen LogP contribution in [0.15, 0.2) is 34.2 Å². The SMILES string of the molecule is O=C(CCCc1nc(-c2cccs2)no1)NCC(=O)Nc1ccc(F)c(F)c1F. The number of benzene rings is 1. The monoisotopic (exact) mass is 424 g/mol. The van der Waals surface area contributed by atoms with E-state index >= 15 is 0 Å². The molecule has 1 aromatic carbocycles. The summed E-state index contributed by atoms with van der Waals surface area (Å²) in [4.78, 5) is 28.7. The van der Waals surface area contributed by atoms with Crippen molar-refractivity contribution in [2.24, 2.45) is 0 Å². The van der Waals surface area contributed by atoms with Gasteiger partial charge in [0.05, 0.1) is 17.1 Å². The molecule has 0 radical (unpaired) electrons. The Morgan fingerprint density at radius 1 is 1.10 bits per heavy atom. The first kappa shape index (κ1) is 20.5. The van der Waals surface area contributed by atoms with Crippen LogP contribution < -0.4 is 10.6 Å². The third-order valence-electron chi connectivity index (χ3n) is 3.76. The first-order valence-electron chi connectivity index (χ1n) is 8.50. The molecule has 0 spiro atoms. The van der Waals surface area contributed by atoms with Crippen LogP contribution in [-0.4, -0.2) is 28.5 Å². The Morgan fingerprint density at radius 2 is 1.93 bits per heavy atom. The van der Waals surface area contributed by atoms with Crippen LogP contribution in [0.1, 0.15) is 18.7 Å². The summed E-state index contributed by atoms with van der Waals surface area (Å²) < 4.78 is 44.6. The van der Waals surface area contributed by atoms with E-state index in [9.17, 15) is 22.8 Å². The lowest BCUT2D eigenvalue weighted by Crippen LogP contribution is -2.33. The molecule has 0 unspecified atom stereocenters. The van der Waals surface area contributed by atoms with Gasteiger partial charge in [0.25, 0.3) is 0 Å². The molecule has 2 aromatic heterocycles. The second-order valence-electron chi connectivity index (χ2n) is 5.89. The number of hydrogen-bond acceptors (Lipinski definition) is 6. The first-order chi connectivity index (χ1) is 13.9. The van der Waals surface area contributed by atoms with E-state index in [1.165, 1.54) is 11.3 Å². The molecule has 0 fully saturated rings. The smallest absolute Gasteiger partial charge is 0.243 e. The summed E-state index contributed by atoms with van der Waals surface area (Å²) in [7, 11) is 0. The summed E-state index contributed by atoms with van der Waals surface area (Å²) >= 11 is 1.48. The van der Waals surface area contributed by atoms with E-state index in [0.717, 1.165) is 10.9 Å². The van der Waals surface area contributed by atoms with Crippen LogP contribution in [0.3, 0.4) is 0 Å². The second kappa shape index (κ2) is 9.32. The van der Waals surface area contributed by atoms with E-state index in [0.29, 0.717) is 30.6 Å². The average Bonchev–Trinajstić information content (AvgIpc) is 3.38. The number of carbonyl (C=O) groups is 2. The van der Waals surface area contributed by atoms with Crippen LogP contribution in [0.25, 0.3) is 10.7 Å². The van der Waals surface area contributed by atoms with Crippen molar-refractivity contribution in [1.29, 1.82) is 0 Å². The zero-order valence-electron chi connectivity index (χ0n) is 14.9. The van der Waals surface area contributed by atoms with Gasteiger partial charge >= 0.3 is 0 Å². The van der Waals surface area contributed by atoms with Crippen molar-refractivity contribution in [3.8, 4) is 10.7 Å². The van der Waals surface area contributed by atoms with Crippen molar-refractivity contribution in [3.05, 3.63) is 53.0 Å². The maximum absolute atomic E-state index is 13.5. The normalized spacial score (nSPS) is 10.7. The molecule has 0 atom stereocenters. The summed E-state index contributed by atoms with van der Waals surface area (Å²) in [5, 5.41) is 10.2. The van der Waals surface area contributed by atoms with Crippen LogP contribution in [0.2, 0.25) is 0 Å². The summed E-state index contributed by atoms with van der Waals surface area (Å²) in [6, 6.07) is 5.32. The molecule has 2 amide bonds. The van der Waals surface area contributed by atoms with Crippen molar-refractivity contribution in [2.75, 3.05) is 11.9 Å². The minimum absolute atomic E-state index is 0.101. The van der Waals surface area contributed by atoms with Crippen molar-refractivity contribution < 1.29 is 27.3 Å². The largest absolute Gasteiger partial charge is 0.347 e. The number of nitrogens with zero attached hydrogens (tertiary/aromatic N) is 2. The number of amides is 2. The van der Waals surface area contributed by atoms with E-state index in [4.69, 9.17) is 4.52 Å². The van der Waals surface area contributed by atoms with Gasteiger partial charge < -0.3 is 15.2 Å². The summed E-state index contributed by atoms with van der Waals surface area (Å²) in [5.41, 5.74) is -0.513. The van der Waals surface area contributed by atoms with Gasteiger partial charge in [-0.25, -0.2) is 13.2 Å². The standard InChI is InChI=1S/C18H15F3N4O3S/c19-10-6-7-11(17(21)16(10)20)23-14(27)9-22-13(26)4-1-5-15-24-18(25-28-15)12-3-2-8-29-12/h2-3,6-8H,1,4-5,9H2,(H,22,26)(H,23,27). The highest BCUT2D eigenvalue weighted by Gasteiger charge is 2.16. The fraction of sp³-hybridized carbons (Fsp3) is 0.222. The molecule has 0 aliphatic carbocycles. The van der Waals surface area contributed by atoms with Crippen LogP contribution in [0, 0.1) is 17.5 Å². The molecule has 2 heterocycles. The zero-order valence-corrected chi connectivity index (χ0v) is 15.7.